The summed E-state index contributed by atoms with van der Waals surface area (Å²) in [6.45, 7) is 2.86. The number of benzene rings is 1. The van der Waals surface area contributed by atoms with Gasteiger partial charge in [0.1, 0.15) is 6.04 Å². The molecule has 0 bridgehead atoms. The first kappa shape index (κ1) is 17.6. The zero-order valence-electron chi connectivity index (χ0n) is 12.6. The first-order valence-corrected chi connectivity index (χ1v) is 6.93. The Morgan fingerprint density at radius 3 is 2.68 bits per heavy atom. The molecule has 8 nitrogen and oxygen atoms in total. The van der Waals surface area contributed by atoms with Gasteiger partial charge < -0.3 is 16.0 Å². The van der Waals surface area contributed by atoms with Crippen LogP contribution >= 0.6 is 0 Å². The summed E-state index contributed by atoms with van der Waals surface area (Å²) in [5.41, 5.74) is -0.0270. The predicted octanol–water partition coefficient (Wildman–Crippen LogP) is 0.439. The Hall–Kier alpha value is -2.48. The van der Waals surface area contributed by atoms with Crippen molar-refractivity contribution in [3.63, 3.8) is 0 Å². The molecular formula is C14H20N4O4. The van der Waals surface area contributed by atoms with Gasteiger partial charge in [0.15, 0.2) is 0 Å². The molecule has 120 valence electrons. The van der Waals surface area contributed by atoms with Gasteiger partial charge in [-0.3, -0.25) is 19.7 Å². The van der Waals surface area contributed by atoms with E-state index in [0.29, 0.717) is 6.54 Å². The van der Waals surface area contributed by atoms with Gasteiger partial charge in [-0.15, -0.1) is 0 Å². The topological polar surface area (TPSA) is 113 Å². The van der Waals surface area contributed by atoms with E-state index >= 15 is 0 Å². The van der Waals surface area contributed by atoms with Gasteiger partial charge >= 0.3 is 0 Å². The lowest BCUT2D eigenvalue weighted by Crippen LogP contribution is -2.45. The third kappa shape index (κ3) is 5.49. The summed E-state index contributed by atoms with van der Waals surface area (Å²) in [6, 6.07) is 4.64. The molecule has 1 rings (SSSR count). The molecule has 1 aromatic rings. The average Bonchev–Trinajstić information content (AvgIpc) is 2.51. The van der Waals surface area contributed by atoms with E-state index in [0.717, 1.165) is 13.0 Å². The van der Waals surface area contributed by atoms with E-state index in [1.807, 2.05) is 7.05 Å². The molecule has 0 spiro atoms. The standard InChI is InChI=1S/C14H20N4O4/c1-10(13(19)16-8-4-7-15-2)17-14(20)11-5-3-6-12(9-11)18(21)22/h3,5-6,9-10,15H,4,7-8H2,1-2H3,(H,16,19)(H,17,20). The number of nitrogens with zero attached hydrogens (tertiary/aromatic N) is 1. The van der Waals surface area contributed by atoms with Crippen LogP contribution in [0.25, 0.3) is 0 Å². The van der Waals surface area contributed by atoms with Gasteiger partial charge in [-0.1, -0.05) is 6.07 Å². The molecule has 0 aliphatic heterocycles. The summed E-state index contributed by atoms with van der Waals surface area (Å²) >= 11 is 0. The highest BCUT2D eigenvalue weighted by atomic mass is 16.6. The Kier molecular flexibility index (Phi) is 6.97. The predicted molar refractivity (Wildman–Crippen MR) is 81.6 cm³/mol. The number of non-ortho nitro benzene ring substituents is 1. The molecule has 0 saturated heterocycles. The van der Waals surface area contributed by atoms with Crippen molar-refractivity contribution >= 4 is 17.5 Å². The summed E-state index contributed by atoms with van der Waals surface area (Å²) in [4.78, 5) is 33.9. The maximum atomic E-state index is 12.0. The lowest BCUT2D eigenvalue weighted by atomic mass is 10.1. The van der Waals surface area contributed by atoms with E-state index in [-0.39, 0.29) is 17.2 Å². The minimum atomic E-state index is -0.721. The number of carbonyl (C=O) groups is 2. The SMILES string of the molecule is CNCCCNC(=O)C(C)NC(=O)c1cccc([N+](=O)[O-])c1. The second-order valence-electron chi connectivity index (χ2n) is 4.75. The van der Waals surface area contributed by atoms with E-state index < -0.39 is 16.9 Å². The van der Waals surface area contributed by atoms with Crippen LogP contribution in [0.5, 0.6) is 0 Å². The second-order valence-corrected chi connectivity index (χ2v) is 4.75. The number of amides is 2. The molecule has 22 heavy (non-hydrogen) atoms. The zero-order valence-corrected chi connectivity index (χ0v) is 12.6. The highest BCUT2D eigenvalue weighted by Crippen LogP contribution is 2.13. The quantitative estimate of drug-likeness (QED) is 0.366. The summed E-state index contributed by atoms with van der Waals surface area (Å²) < 4.78 is 0. The van der Waals surface area contributed by atoms with Crippen molar-refractivity contribution < 1.29 is 14.5 Å². The number of nitro groups is 1. The fraction of sp³-hybridized carbons (Fsp3) is 0.429. The molecule has 0 saturated carbocycles. The Labute approximate surface area is 128 Å². The number of rotatable bonds is 8. The van der Waals surface area contributed by atoms with Crippen LogP contribution < -0.4 is 16.0 Å². The lowest BCUT2D eigenvalue weighted by molar-refractivity contribution is -0.384. The molecule has 1 aromatic carbocycles. The number of hydrogen-bond acceptors (Lipinski definition) is 5. The van der Waals surface area contributed by atoms with Gasteiger partial charge in [-0.05, 0) is 33.0 Å². The molecule has 0 aliphatic rings. The van der Waals surface area contributed by atoms with Crippen molar-refractivity contribution in [3.8, 4) is 0 Å². The number of nitro benzene ring substituents is 1. The molecule has 1 unspecified atom stereocenters. The van der Waals surface area contributed by atoms with E-state index in [2.05, 4.69) is 16.0 Å². The fourth-order valence-corrected chi connectivity index (χ4v) is 1.74. The van der Waals surface area contributed by atoms with E-state index in [1.165, 1.54) is 24.3 Å². The van der Waals surface area contributed by atoms with Crippen LogP contribution in [0.15, 0.2) is 24.3 Å². The van der Waals surface area contributed by atoms with Crippen LogP contribution in [0.3, 0.4) is 0 Å². The molecule has 0 aliphatic carbocycles. The van der Waals surface area contributed by atoms with Crippen LogP contribution in [-0.2, 0) is 4.79 Å². The third-order valence-electron chi connectivity index (χ3n) is 2.96. The molecule has 0 radical (unpaired) electrons. The van der Waals surface area contributed by atoms with Crippen molar-refractivity contribution in [3.05, 3.63) is 39.9 Å². The van der Waals surface area contributed by atoms with Crippen LogP contribution in [0.2, 0.25) is 0 Å². The van der Waals surface area contributed by atoms with Gasteiger partial charge in [0, 0.05) is 24.2 Å². The highest BCUT2D eigenvalue weighted by molar-refractivity contribution is 5.97. The van der Waals surface area contributed by atoms with Crippen molar-refractivity contribution in [1.82, 2.24) is 16.0 Å². The van der Waals surface area contributed by atoms with Crippen molar-refractivity contribution in [2.45, 2.75) is 19.4 Å². The van der Waals surface area contributed by atoms with E-state index in [9.17, 15) is 19.7 Å². The summed E-state index contributed by atoms with van der Waals surface area (Å²) in [5, 5.41) is 18.9. The second kappa shape index (κ2) is 8.73. The van der Waals surface area contributed by atoms with Crippen LogP contribution in [-0.4, -0.2) is 42.9 Å². The minimum Gasteiger partial charge on any atom is -0.354 e. The van der Waals surface area contributed by atoms with Crippen molar-refractivity contribution in [2.24, 2.45) is 0 Å². The average molecular weight is 308 g/mol. The van der Waals surface area contributed by atoms with Gasteiger partial charge in [0.05, 0.1) is 4.92 Å². The van der Waals surface area contributed by atoms with Crippen LogP contribution in [0.1, 0.15) is 23.7 Å². The van der Waals surface area contributed by atoms with Crippen LogP contribution in [0.4, 0.5) is 5.69 Å². The summed E-state index contributed by atoms with van der Waals surface area (Å²) in [6.07, 6.45) is 0.786. The van der Waals surface area contributed by atoms with E-state index in [1.54, 1.807) is 6.92 Å². The monoisotopic (exact) mass is 308 g/mol. The Morgan fingerprint density at radius 1 is 1.32 bits per heavy atom. The molecule has 8 heteroatoms. The van der Waals surface area contributed by atoms with Gasteiger partial charge in [0.2, 0.25) is 5.91 Å². The smallest absolute Gasteiger partial charge is 0.270 e. The largest absolute Gasteiger partial charge is 0.354 e. The maximum absolute atomic E-state index is 12.0. The molecule has 0 fully saturated rings. The first-order chi connectivity index (χ1) is 10.5. The molecule has 2 amide bonds. The molecular weight excluding hydrogens is 288 g/mol. The van der Waals surface area contributed by atoms with Gasteiger partial charge in [0.25, 0.3) is 11.6 Å². The first-order valence-electron chi connectivity index (χ1n) is 6.93. The lowest BCUT2D eigenvalue weighted by Gasteiger charge is -2.14. The molecule has 3 N–H and O–H groups in total. The van der Waals surface area contributed by atoms with Crippen molar-refractivity contribution in [1.29, 1.82) is 0 Å². The molecule has 0 heterocycles. The number of carbonyl (C=O) groups excluding carboxylic acids is 2. The summed E-state index contributed by atoms with van der Waals surface area (Å²) in [5.74, 6) is -0.823. The number of nitrogens with one attached hydrogen (secondary N) is 3. The fourth-order valence-electron chi connectivity index (χ4n) is 1.74. The van der Waals surface area contributed by atoms with Gasteiger partial charge in [-0.25, -0.2) is 0 Å². The van der Waals surface area contributed by atoms with E-state index in [4.69, 9.17) is 0 Å². The maximum Gasteiger partial charge on any atom is 0.270 e. The Morgan fingerprint density at radius 2 is 2.05 bits per heavy atom. The Bertz CT molecular complexity index is 547. The van der Waals surface area contributed by atoms with Crippen LogP contribution in [0, 0.1) is 10.1 Å². The van der Waals surface area contributed by atoms with Crippen molar-refractivity contribution in [2.75, 3.05) is 20.1 Å². The number of hydrogen-bond donors (Lipinski definition) is 3. The highest BCUT2D eigenvalue weighted by Gasteiger charge is 2.17. The minimum absolute atomic E-state index is 0.143. The molecule has 1 atom stereocenters. The Balaban J connectivity index is 2.54. The third-order valence-corrected chi connectivity index (χ3v) is 2.96. The normalized spacial score (nSPS) is 11.5. The molecule has 0 aromatic heterocycles. The van der Waals surface area contributed by atoms with Gasteiger partial charge in [-0.2, -0.15) is 0 Å². The zero-order chi connectivity index (χ0) is 16.5. The summed E-state index contributed by atoms with van der Waals surface area (Å²) in [7, 11) is 1.82.